The highest BCUT2D eigenvalue weighted by atomic mass is 32.1. The maximum atomic E-state index is 12.9. The van der Waals surface area contributed by atoms with Crippen molar-refractivity contribution < 1.29 is 14.3 Å². The van der Waals surface area contributed by atoms with Crippen molar-refractivity contribution in [2.75, 3.05) is 43.6 Å². The van der Waals surface area contributed by atoms with Crippen molar-refractivity contribution in [3.05, 3.63) is 46.2 Å². The highest BCUT2D eigenvalue weighted by molar-refractivity contribution is 7.12. The lowest BCUT2D eigenvalue weighted by Crippen LogP contribution is -2.35. The molecule has 0 saturated carbocycles. The van der Waals surface area contributed by atoms with Crippen LogP contribution in [0.15, 0.2) is 35.7 Å². The summed E-state index contributed by atoms with van der Waals surface area (Å²) in [6.07, 6.45) is 2.99. The molecule has 1 aliphatic rings. The molecule has 7 heteroatoms. The number of hydrogen-bond acceptors (Lipinski definition) is 5. The van der Waals surface area contributed by atoms with Crippen LogP contribution in [0.4, 0.5) is 11.4 Å². The predicted molar refractivity (Wildman–Crippen MR) is 118 cm³/mol. The zero-order valence-electron chi connectivity index (χ0n) is 17.1. The van der Waals surface area contributed by atoms with Crippen LogP contribution in [-0.2, 0) is 4.74 Å². The zero-order valence-corrected chi connectivity index (χ0v) is 17.9. The molecule has 0 unspecified atom stereocenters. The highest BCUT2D eigenvalue weighted by Crippen LogP contribution is 2.29. The maximum Gasteiger partial charge on any atom is 0.265 e. The fourth-order valence-corrected chi connectivity index (χ4v) is 4.05. The van der Waals surface area contributed by atoms with Gasteiger partial charge in [0.25, 0.3) is 11.8 Å². The molecular weight excluding hydrogens is 386 g/mol. The van der Waals surface area contributed by atoms with Gasteiger partial charge in [0.15, 0.2) is 0 Å². The Balaban J connectivity index is 1.79. The third-order valence-electron chi connectivity index (χ3n) is 5.18. The molecule has 1 saturated heterocycles. The van der Waals surface area contributed by atoms with Crippen molar-refractivity contribution in [1.82, 2.24) is 5.32 Å². The second kappa shape index (κ2) is 10.4. The Morgan fingerprint density at radius 3 is 2.69 bits per heavy atom. The average Bonchev–Trinajstić information content (AvgIpc) is 3.27. The molecule has 156 valence electrons. The maximum absolute atomic E-state index is 12.9. The molecular formula is C22H29N3O3S. The number of methoxy groups -OCH3 is 1. The Morgan fingerprint density at radius 1 is 1.21 bits per heavy atom. The van der Waals surface area contributed by atoms with E-state index in [9.17, 15) is 9.59 Å². The minimum Gasteiger partial charge on any atom is -0.385 e. The van der Waals surface area contributed by atoms with Crippen molar-refractivity contribution in [3.63, 3.8) is 0 Å². The number of benzene rings is 1. The summed E-state index contributed by atoms with van der Waals surface area (Å²) in [6.45, 7) is 5.30. The first kappa shape index (κ1) is 21.3. The number of rotatable bonds is 8. The monoisotopic (exact) mass is 415 g/mol. The van der Waals surface area contributed by atoms with E-state index in [4.69, 9.17) is 4.74 Å². The summed E-state index contributed by atoms with van der Waals surface area (Å²) >= 11 is 1.39. The molecule has 0 atom stereocenters. The Morgan fingerprint density at radius 2 is 2.00 bits per heavy atom. The van der Waals surface area contributed by atoms with Crippen LogP contribution in [-0.4, -0.2) is 45.2 Å². The quantitative estimate of drug-likeness (QED) is 0.639. The minimum absolute atomic E-state index is 0.123. The predicted octanol–water partition coefficient (Wildman–Crippen LogP) is 4.00. The third kappa shape index (κ3) is 5.81. The van der Waals surface area contributed by atoms with E-state index < -0.39 is 0 Å². The summed E-state index contributed by atoms with van der Waals surface area (Å²) in [6, 6.07) is 9.24. The van der Waals surface area contributed by atoms with Crippen LogP contribution in [0.2, 0.25) is 0 Å². The van der Waals surface area contributed by atoms with Gasteiger partial charge in [-0.3, -0.25) is 9.59 Å². The smallest absolute Gasteiger partial charge is 0.265 e. The molecule has 0 radical (unpaired) electrons. The van der Waals surface area contributed by atoms with Gasteiger partial charge in [-0.2, -0.15) is 0 Å². The van der Waals surface area contributed by atoms with Crippen molar-refractivity contribution >= 4 is 34.5 Å². The van der Waals surface area contributed by atoms with Gasteiger partial charge in [-0.25, -0.2) is 0 Å². The third-order valence-corrected chi connectivity index (χ3v) is 6.05. The van der Waals surface area contributed by atoms with Crippen LogP contribution < -0.4 is 15.5 Å². The lowest BCUT2D eigenvalue weighted by Gasteiger charge is -2.33. The fourth-order valence-electron chi connectivity index (χ4n) is 3.44. The van der Waals surface area contributed by atoms with Crippen molar-refractivity contribution in [1.29, 1.82) is 0 Å². The Hall–Kier alpha value is -2.38. The lowest BCUT2D eigenvalue weighted by atomic mass is 9.97. The second-order valence-corrected chi connectivity index (χ2v) is 8.38. The van der Waals surface area contributed by atoms with Gasteiger partial charge in [-0.05, 0) is 54.8 Å². The topological polar surface area (TPSA) is 70.7 Å². The Bertz CT molecular complexity index is 815. The summed E-state index contributed by atoms with van der Waals surface area (Å²) < 4.78 is 5.05. The first-order valence-electron chi connectivity index (χ1n) is 10.1. The average molecular weight is 416 g/mol. The van der Waals surface area contributed by atoms with E-state index in [0.29, 0.717) is 35.2 Å². The molecule has 2 N–H and O–H groups in total. The minimum atomic E-state index is -0.161. The highest BCUT2D eigenvalue weighted by Gasteiger charge is 2.22. The van der Waals surface area contributed by atoms with Crippen LogP contribution in [0.1, 0.15) is 46.2 Å². The van der Waals surface area contributed by atoms with E-state index in [-0.39, 0.29) is 11.8 Å². The molecule has 0 aliphatic carbocycles. The molecule has 0 bridgehead atoms. The first-order chi connectivity index (χ1) is 14.1. The molecule has 1 aromatic carbocycles. The van der Waals surface area contributed by atoms with Gasteiger partial charge in [0.2, 0.25) is 0 Å². The van der Waals surface area contributed by atoms with Crippen LogP contribution in [0.3, 0.4) is 0 Å². The number of thiophene rings is 1. The Labute approximate surface area is 176 Å². The van der Waals surface area contributed by atoms with Crippen LogP contribution in [0.25, 0.3) is 0 Å². The number of carbonyl (C=O) groups excluding carboxylic acids is 2. The zero-order chi connectivity index (χ0) is 20.6. The number of nitrogens with one attached hydrogen (secondary N) is 2. The fraction of sp³-hybridized carbons (Fsp3) is 0.455. The summed E-state index contributed by atoms with van der Waals surface area (Å²) in [4.78, 5) is 28.2. The number of nitrogens with zero attached hydrogens (tertiary/aromatic N) is 1. The van der Waals surface area contributed by atoms with Gasteiger partial charge in [0.1, 0.15) is 0 Å². The van der Waals surface area contributed by atoms with Crippen LogP contribution in [0.5, 0.6) is 0 Å². The molecule has 2 heterocycles. The first-order valence-corrected chi connectivity index (χ1v) is 11.0. The van der Waals surface area contributed by atoms with Gasteiger partial charge >= 0.3 is 0 Å². The van der Waals surface area contributed by atoms with E-state index in [1.807, 2.05) is 23.6 Å². The summed E-state index contributed by atoms with van der Waals surface area (Å²) in [5, 5.41) is 7.75. The molecule has 29 heavy (non-hydrogen) atoms. The number of carbonyl (C=O) groups is 2. The van der Waals surface area contributed by atoms with Gasteiger partial charge in [0.05, 0.1) is 10.4 Å². The van der Waals surface area contributed by atoms with Gasteiger partial charge in [0, 0.05) is 44.7 Å². The van der Waals surface area contributed by atoms with Gasteiger partial charge < -0.3 is 20.3 Å². The largest absolute Gasteiger partial charge is 0.385 e. The molecule has 1 aromatic heterocycles. The van der Waals surface area contributed by atoms with E-state index >= 15 is 0 Å². The summed E-state index contributed by atoms with van der Waals surface area (Å²) in [5.74, 6) is 0.426. The molecule has 2 amide bonds. The number of piperidine rings is 1. The lowest BCUT2D eigenvalue weighted by molar-refractivity contribution is 0.0947. The summed E-state index contributed by atoms with van der Waals surface area (Å²) in [5.41, 5.74) is 2.15. The normalized spacial score (nSPS) is 14.6. The van der Waals surface area contributed by atoms with Crippen LogP contribution >= 0.6 is 11.3 Å². The summed E-state index contributed by atoms with van der Waals surface area (Å²) in [7, 11) is 1.65. The van der Waals surface area contributed by atoms with Crippen molar-refractivity contribution in [2.45, 2.75) is 26.2 Å². The Kier molecular flexibility index (Phi) is 7.66. The molecule has 0 spiro atoms. The number of ether oxygens (including phenoxy) is 1. The van der Waals surface area contributed by atoms with E-state index in [0.717, 1.165) is 38.0 Å². The van der Waals surface area contributed by atoms with Crippen LogP contribution in [0, 0.1) is 5.92 Å². The van der Waals surface area contributed by atoms with E-state index in [1.54, 1.807) is 19.2 Å². The molecule has 2 aromatic rings. The number of hydrogen-bond donors (Lipinski definition) is 2. The molecule has 1 fully saturated rings. The molecule has 6 nitrogen and oxygen atoms in total. The molecule has 3 rings (SSSR count). The SMILES string of the molecule is COCCCNC(=O)c1cc(NC(=O)c2cccs2)ccc1N1CCC(C)CC1. The van der Waals surface area contributed by atoms with Gasteiger partial charge in [-0.1, -0.05) is 13.0 Å². The number of anilines is 2. The van der Waals surface area contributed by atoms with Crippen molar-refractivity contribution in [2.24, 2.45) is 5.92 Å². The molecule has 1 aliphatic heterocycles. The van der Waals surface area contributed by atoms with E-state index in [2.05, 4.69) is 22.5 Å². The second-order valence-electron chi connectivity index (χ2n) is 7.44. The van der Waals surface area contributed by atoms with E-state index in [1.165, 1.54) is 11.3 Å². The van der Waals surface area contributed by atoms with Gasteiger partial charge in [-0.15, -0.1) is 11.3 Å². The standard InChI is InChI=1S/C22H29N3O3S/c1-16-8-11-25(12-9-16)19-7-6-17(24-22(27)20-5-3-14-29-20)15-18(19)21(26)23-10-4-13-28-2/h3,5-7,14-16H,4,8-13H2,1-2H3,(H,23,26)(H,24,27). The van der Waals surface area contributed by atoms with Crippen molar-refractivity contribution in [3.8, 4) is 0 Å². The number of amides is 2.